The molecule has 0 saturated carbocycles. The Kier molecular flexibility index (Phi) is 10.6. The molecule has 0 aliphatic heterocycles. The Hall–Kier alpha value is -3.57. The normalized spacial score (nSPS) is 12.9. The van der Waals surface area contributed by atoms with Crippen molar-refractivity contribution < 1.29 is 31.2 Å². The number of hydrogen-bond donors (Lipinski definition) is 1. The maximum atomic E-state index is 14.1. The van der Waals surface area contributed by atoms with Crippen molar-refractivity contribution in [2.75, 3.05) is 10.8 Å². The zero-order valence-electron chi connectivity index (χ0n) is 24.6. The third kappa shape index (κ3) is 8.51. The SMILES string of the molecule is CCC(C(=O)NC(C)(C)C)N(Cc1ccccc1C)C(=O)CN(c1ccc(Cl)c(C(F)(F)F)c1)S(=O)(=O)c1ccccc1. The lowest BCUT2D eigenvalue weighted by atomic mass is 10.0. The largest absolute Gasteiger partial charge is 0.417 e. The molecule has 3 aromatic carbocycles. The van der Waals surface area contributed by atoms with Gasteiger partial charge in [-0.3, -0.25) is 13.9 Å². The molecule has 2 amide bonds. The molecule has 0 spiro atoms. The van der Waals surface area contributed by atoms with Crippen LogP contribution in [0.5, 0.6) is 0 Å². The minimum absolute atomic E-state index is 0.0325. The van der Waals surface area contributed by atoms with Crippen LogP contribution in [0, 0.1) is 6.92 Å². The highest BCUT2D eigenvalue weighted by Gasteiger charge is 2.37. The lowest BCUT2D eigenvalue weighted by Crippen LogP contribution is -2.55. The number of anilines is 1. The van der Waals surface area contributed by atoms with Crippen molar-refractivity contribution in [3.05, 3.63) is 94.5 Å². The Balaban J connectivity index is 2.16. The smallest absolute Gasteiger partial charge is 0.350 e. The van der Waals surface area contributed by atoms with Crippen LogP contribution in [0.25, 0.3) is 0 Å². The van der Waals surface area contributed by atoms with Crippen LogP contribution in [-0.2, 0) is 32.3 Å². The second-order valence-corrected chi connectivity index (χ2v) is 13.4. The summed E-state index contributed by atoms with van der Waals surface area (Å²) in [6.07, 6.45) is -4.68. The molecule has 232 valence electrons. The van der Waals surface area contributed by atoms with Gasteiger partial charge in [0.05, 0.1) is 21.2 Å². The molecule has 1 atom stereocenters. The maximum absolute atomic E-state index is 14.1. The van der Waals surface area contributed by atoms with Crippen LogP contribution in [0.3, 0.4) is 0 Å². The first-order valence-corrected chi connectivity index (χ1v) is 15.4. The highest BCUT2D eigenvalue weighted by atomic mass is 35.5. The number of sulfonamides is 1. The van der Waals surface area contributed by atoms with Crippen molar-refractivity contribution >= 4 is 39.1 Å². The van der Waals surface area contributed by atoms with Crippen LogP contribution in [0.15, 0.2) is 77.7 Å². The molecule has 0 bridgehead atoms. The Morgan fingerprint density at radius 1 is 0.953 bits per heavy atom. The van der Waals surface area contributed by atoms with E-state index in [-0.39, 0.29) is 17.9 Å². The number of nitrogens with one attached hydrogen (secondary N) is 1. The predicted octanol–water partition coefficient (Wildman–Crippen LogP) is 6.58. The van der Waals surface area contributed by atoms with Crippen molar-refractivity contribution in [1.29, 1.82) is 0 Å². The summed E-state index contributed by atoms with van der Waals surface area (Å²) < 4.78 is 69.7. The highest BCUT2D eigenvalue weighted by Crippen LogP contribution is 2.38. The van der Waals surface area contributed by atoms with E-state index in [2.05, 4.69) is 5.32 Å². The number of carbonyl (C=O) groups is 2. The zero-order valence-corrected chi connectivity index (χ0v) is 26.1. The second-order valence-electron chi connectivity index (χ2n) is 11.1. The summed E-state index contributed by atoms with van der Waals surface area (Å²) in [5.41, 5.74) is -0.715. The number of benzene rings is 3. The van der Waals surface area contributed by atoms with Crippen molar-refractivity contribution in [2.45, 2.75) is 70.2 Å². The molecule has 0 saturated heterocycles. The summed E-state index contributed by atoms with van der Waals surface area (Å²) in [5.74, 6) is -1.22. The molecule has 3 aromatic rings. The highest BCUT2D eigenvalue weighted by molar-refractivity contribution is 7.92. The summed E-state index contributed by atoms with van der Waals surface area (Å²) in [5, 5.41) is 2.25. The monoisotopic (exact) mass is 637 g/mol. The minimum atomic E-state index is -4.88. The average Bonchev–Trinajstić information content (AvgIpc) is 2.91. The van der Waals surface area contributed by atoms with Crippen molar-refractivity contribution in [1.82, 2.24) is 10.2 Å². The molecular formula is C31H35ClF3N3O4S. The van der Waals surface area contributed by atoms with Crippen LogP contribution in [0.1, 0.15) is 50.8 Å². The molecule has 12 heteroatoms. The number of aryl methyl sites for hydroxylation is 1. The number of rotatable bonds is 10. The quantitative estimate of drug-likeness (QED) is 0.272. The van der Waals surface area contributed by atoms with Gasteiger partial charge in [0.2, 0.25) is 11.8 Å². The molecule has 0 fully saturated rings. The second kappa shape index (κ2) is 13.4. The molecule has 1 unspecified atom stereocenters. The fourth-order valence-corrected chi connectivity index (χ4v) is 6.13. The first kappa shape index (κ1) is 33.9. The van der Waals surface area contributed by atoms with Gasteiger partial charge in [0, 0.05) is 12.1 Å². The Morgan fingerprint density at radius 2 is 1.56 bits per heavy atom. The third-order valence-corrected chi connectivity index (χ3v) is 8.76. The Morgan fingerprint density at radius 3 is 2.12 bits per heavy atom. The molecule has 0 heterocycles. The fraction of sp³-hybridized carbons (Fsp3) is 0.355. The van der Waals surface area contributed by atoms with E-state index in [0.717, 1.165) is 23.3 Å². The van der Waals surface area contributed by atoms with Gasteiger partial charge >= 0.3 is 6.18 Å². The molecule has 0 aliphatic rings. The van der Waals surface area contributed by atoms with Gasteiger partial charge in [-0.05, 0) is 75.6 Å². The van der Waals surface area contributed by atoms with Crippen LogP contribution in [0.4, 0.5) is 18.9 Å². The third-order valence-electron chi connectivity index (χ3n) is 6.64. The predicted molar refractivity (Wildman–Crippen MR) is 161 cm³/mol. The van der Waals surface area contributed by atoms with Crippen LogP contribution in [0.2, 0.25) is 5.02 Å². The van der Waals surface area contributed by atoms with Crippen molar-refractivity contribution in [2.24, 2.45) is 0 Å². The first-order valence-electron chi connectivity index (χ1n) is 13.6. The van der Waals surface area contributed by atoms with E-state index in [4.69, 9.17) is 11.6 Å². The molecule has 0 aromatic heterocycles. The Labute approximate surface area is 255 Å². The first-order chi connectivity index (χ1) is 20.0. The summed E-state index contributed by atoms with van der Waals surface area (Å²) in [4.78, 5) is 28.6. The van der Waals surface area contributed by atoms with Crippen molar-refractivity contribution in [3.63, 3.8) is 0 Å². The maximum Gasteiger partial charge on any atom is 0.417 e. The molecule has 43 heavy (non-hydrogen) atoms. The van der Waals surface area contributed by atoms with Crippen LogP contribution >= 0.6 is 11.6 Å². The lowest BCUT2D eigenvalue weighted by Gasteiger charge is -2.35. The van der Waals surface area contributed by atoms with E-state index >= 15 is 0 Å². The number of alkyl halides is 3. The summed E-state index contributed by atoms with van der Waals surface area (Å²) in [6.45, 7) is 8.02. The van der Waals surface area contributed by atoms with E-state index in [9.17, 15) is 31.2 Å². The van der Waals surface area contributed by atoms with Gasteiger partial charge in [-0.1, -0.05) is 61.0 Å². The van der Waals surface area contributed by atoms with E-state index < -0.39 is 62.4 Å². The van der Waals surface area contributed by atoms with Gasteiger partial charge in [-0.2, -0.15) is 13.2 Å². The summed E-state index contributed by atoms with van der Waals surface area (Å²) >= 11 is 5.82. The van der Waals surface area contributed by atoms with E-state index in [1.807, 2.05) is 19.1 Å². The molecule has 7 nitrogen and oxygen atoms in total. The van der Waals surface area contributed by atoms with Crippen LogP contribution < -0.4 is 9.62 Å². The number of carbonyl (C=O) groups excluding carboxylic acids is 2. The number of halogens is 4. The van der Waals surface area contributed by atoms with Crippen LogP contribution in [-0.4, -0.2) is 43.3 Å². The van der Waals surface area contributed by atoms with Gasteiger partial charge in [-0.15, -0.1) is 0 Å². The van der Waals surface area contributed by atoms with E-state index in [1.54, 1.807) is 45.9 Å². The standard InChI is InChI=1S/C31H35ClF3N3O4S/c1-6-27(29(40)36-30(3,4)5)37(19-22-13-11-10-12-21(22)2)28(39)20-38(43(41,42)24-14-8-7-9-15-24)23-16-17-26(32)25(18-23)31(33,34)35/h7-18,27H,6,19-20H2,1-5H3,(H,36,40). The summed E-state index contributed by atoms with van der Waals surface area (Å²) in [6, 6.07) is 16.0. The zero-order chi connectivity index (χ0) is 32.2. The van der Waals surface area contributed by atoms with Gasteiger partial charge in [0.15, 0.2) is 0 Å². The van der Waals surface area contributed by atoms with Crippen molar-refractivity contribution in [3.8, 4) is 0 Å². The topological polar surface area (TPSA) is 86.8 Å². The molecule has 3 rings (SSSR count). The summed E-state index contributed by atoms with van der Waals surface area (Å²) in [7, 11) is -4.55. The Bertz CT molecular complexity index is 1560. The van der Waals surface area contributed by atoms with E-state index in [0.29, 0.717) is 10.4 Å². The van der Waals surface area contributed by atoms with Gasteiger partial charge in [-0.25, -0.2) is 8.42 Å². The fourth-order valence-electron chi connectivity index (χ4n) is 4.48. The minimum Gasteiger partial charge on any atom is -0.350 e. The molecule has 0 radical (unpaired) electrons. The van der Waals surface area contributed by atoms with Gasteiger partial charge in [0.25, 0.3) is 10.0 Å². The molecule has 1 N–H and O–H groups in total. The molecule has 0 aliphatic carbocycles. The molecular weight excluding hydrogens is 603 g/mol. The number of nitrogens with zero attached hydrogens (tertiary/aromatic N) is 2. The number of hydrogen-bond acceptors (Lipinski definition) is 4. The lowest BCUT2D eigenvalue weighted by molar-refractivity contribution is -0.141. The van der Waals surface area contributed by atoms with Gasteiger partial charge in [0.1, 0.15) is 12.6 Å². The number of amides is 2. The van der Waals surface area contributed by atoms with Gasteiger partial charge < -0.3 is 10.2 Å². The average molecular weight is 638 g/mol. The van der Waals surface area contributed by atoms with E-state index in [1.165, 1.54) is 29.2 Å².